The Hall–Kier alpha value is -0.420. The van der Waals surface area contributed by atoms with Crippen LogP contribution in [0.3, 0.4) is 0 Å². The highest BCUT2D eigenvalue weighted by atomic mass is 16.8. The van der Waals surface area contributed by atoms with E-state index in [2.05, 4.69) is 0 Å². The molecule has 3 aliphatic heterocycles. The molecule has 3 atom stereocenters. The molecule has 0 unspecified atom stereocenters. The Morgan fingerprint density at radius 3 is 2.56 bits per heavy atom. The average molecular weight is 254 g/mol. The first kappa shape index (κ1) is 12.6. The lowest BCUT2D eigenvalue weighted by Gasteiger charge is -2.46. The van der Waals surface area contributed by atoms with Crippen molar-refractivity contribution >= 4 is 0 Å². The third-order valence-electron chi connectivity index (χ3n) is 4.12. The van der Waals surface area contributed by atoms with Gasteiger partial charge in [-0.05, 0) is 45.3 Å². The summed E-state index contributed by atoms with van der Waals surface area (Å²) in [7, 11) is 0. The maximum absolute atomic E-state index is 10.2. The lowest BCUT2D eigenvalue weighted by atomic mass is 9.95. The molecule has 0 radical (unpaired) electrons. The molecule has 0 aromatic heterocycles. The largest absolute Gasteiger partial charge is 0.383 e. The molecule has 1 N–H and O–H groups in total. The molecule has 18 heavy (non-hydrogen) atoms. The van der Waals surface area contributed by atoms with Crippen LogP contribution in [0.2, 0.25) is 0 Å². The van der Waals surface area contributed by atoms with Gasteiger partial charge in [0.05, 0.1) is 12.2 Å². The zero-order valence-corrected chi connectivity index (χ0v) is 11.1. The van der Waals surface area contributed by atoms with Crippen molar-refractivity contribution < 1.29 is 19.3 Å². The Labute approximate surface area is 108 Å². The van der Waals surface area contributed by atoms with Crippen LogP contribution in [0, 0.1) is 0 Å². The fourth-order valence-electron chi connectivity index (χ4n) is 3.10. The van der Waals surface area contributed by atoms with Crippen LogP contribution in [0.25, 0.3) is 0 Å². The zero-order valence-electron chi connectivity index (χ0n) is 11.1. The normalized spacial score (nSPS) is 46.9. The highest BCUT2D eigenvalue weighted by molar-refractivity contribution is 5.12. The van der Waals surface area contributed by atoms with Gasteiger partial charge in [0.1, 0.15) is 6.10 Å². The summed E-state index contributed by atoms with van der Waals surface area (Å²) in [5, 5.41) is 10.2. The lowest BCUT2D eigenvalue weighted by molar-refractivity contribution is -0.375. The summed E-state index contributed by atoms with van der Waals surface area (Å²) in [6.45, 7) is 4.77. The predicted molar refractivity (Wildman–Crippen MR) is 65.9 cm³/mol. The van der Waals surface area contributed by atoms with Crippen molar-refractivity contribution in [2.75, 3.05) is 6.61 Å². The van der Waals surface area contributed by atoms with E-state index in [1.807, 2.05) is 19.9 Å². The second-order valence-electron chi connectivity index (χ2n) is 6.20. The summed E-state index contributed by atoms with van der Waals surface area (Å²) in [5.74, 6) is -1.60. The van der Waals surface area contributed by atoms with Crippen LogP contribution < -0.4 is 0 Å². The smallest absolute Gasteiger partial charge is 0.202 e. The fourth-order valence-corrected chi connectivity index (χ4v) is 3.10. The number of aliphatic hydroxyl groups excluding tert-OH is 1. The minimum Gasteiger partial charge on any atom is -0.383 e. The van der Waals surface area contributed by atoms with Crippen molar-refractivity contribution in [3.05, 3.63) is 12.2 Å². The van der Waals surface area contributed by atoms with Gasteiger partial charge in [-0.25, -0.2) is 0 Å². The van der Waals surface area contributed by atoms with Gasteiger partial charge in [-0.15, -0.1) is 0 Å². The molecule has 102 valence electrons. The van der Waals surface area contributed by atoms with E-state index < -0.39 is 17.7 Å². The maximum atomic E-state index is 10.2. The summed E-state index contributed by atoms with van der Waals surface area (Å²) in [4.78, 5) is 0. The Balaban J connectivity index is 1.86. The first-order valence-corrected chi connectivity index (χ1v) is 6.87. The number of aliphatic hydroxyl groups is 1. The molecule has 0 aromatic rings. The number of ether oxygens (including phenoxy) is 3. The Morgan fingerprint density at radius 2 is 1.94 bits per heavy atom. The molecule has 2 saturated heterocycles. The first-order chi connectivity index (χ1) is 8.46. The second kappa shape index (κ2) is 4.04. The first-order valence-electron chi connectivity index (χ1n) is 6.87. The molecule has 0 aromatic carbocycles. The molecule has 3 rings (SSSR count). The molecule has 2 fully saturated rings. The summed E-state index contributed by atoms with van der Waals surface area (Å²) >= 11 is 0. The standard InChI is InChI=1S/C14H22O4/c1-12(2)8-9-14(17-12)11(15)5-7-13(18-14)6-3-4-10-16-13/h5,7,11,15H,3-4,6,8-10H2,1-2H3/t11-,13-,14+/m0/s1. The summed E-state index contributed by atoms with van der Waals surface area (Å²) in [6.07, 6.45) is 7.50. The topological polar surface area (TPSA) is 47.9 Å². The molecule has 4 heteroatoms. The molecule has 3 heterocycles. The van der Waals surface area contributed by atoms with Crippen molar-refractivity contribution in [3.63, 3.8) is 0 Å². The highest BCUT2D eigenvalue weighted by Gasteiger charge is 2.56. The van der Waals surface area contributed by atoms with E-state index in [4.69, 9.17) is 14.2 Å². The van der Waals surface area contributed by atoms with E-state index in [9.17, 15) is 5.11 Å². The van der Waals surface area contributed by atoms with Crippen molar-refractivity contribution in [1.29, 1.82) is 0 Å². The number of hydrogen-bond donors (Lipinski definition) is 1. The second-order valence-corrected chi connectivity index (χ2v) is 6.20. The summed E-state index contributed by atoms with van der Waals surface area (Å²) in [6, 6.07) is 0. The van der Waals surface area contributed by atoms with E-state index in [0.717, 1.165) is 25.7 Å². The van der Waals surface area contributed by atoms with Crippen molar-refractivity contribution in [2.45, 2.75) is 69.2 Å². The van der Waals surface area contributed by atoms with E-state index in [1.165, 1.54) is 0 Å². The van der Waals surface area contributed by atoms with Gasteiger partial charge in [0.25, 0.3) is 0 Å². The van der Waals surface area contributed by atoms with Crippen LogP contribution in [-0.2, 0) is 14.2 Å². The van der Waals surface area contributed by atoms with Gasteiger partial charge in [-0.2, -0.15) is 0 Å². The molecule has 0 saturated carbocycles. The molecule has 4 nitrogen and oxygen atoms in total. The number of hydrogen-bond acceptors (Lipinski definition) is 4. The van der Waals surface area contributed by atoms with Crippen LogP contribution in [0.4, 0.5) is 0 Å². The van der Waals surface area contributed by atoms with Crippen molar-refractivity contribution in [1.82, 2.24) is 0 Å². The summed E-state index contributed by atoms with van der Waals surface area (Å²) < 4.78 is 18.0. The minimum atomic E-state index is -0.921. The van der Waals surface area contributed by atoms with Crippen molar-refractivity contribution in [2.24, 2.45) is 0 Å². The van der Waals surface area contributed by atoms with E-state index in [-0.39, 0.29) is 5.60 Å². The van der Waals surface area contributed by atoms with Gasteiger partial charge in [-0.3, -0.25) is 0 Å². The van der Waals surface area contributed by atoms with Crippen molar-refractivity contribution in [3.8, 4) is 0 Å². The van der Waals surface area contributed by atoms with Crippen LogP contribution >= 0.6 is 0 Å². The molecular formula is C14H22O4. The van der Waals surface area contributed by atoms with Crippen LogP contribution in [-0.4, -0.2) is 35.0 Å². The maximum Gasteiger partial charge on any atom is 0.202 e. The third-order valence-corrected chi connectivity index (χ3v) is 4.12. The van der Waals surface area contributed by atoms with E-state index in [0.29, 0.717) is 13.0 Å². The Morgan fingerprint density at radius 1 is 1.11 bits per heavy atom. The van der Waals surface area contributed by atoms with Gasteiger partial charge in [0.2, 0.25) is 5.79 Å². The minimum absolute atomic E-state index is 0.248. The quantitative estimate of drug-likeness (QED) is 0.673. The molecule has 0 bridgehead atoms. The highest BCUT2D eigenvalue weighted by Crippen LogP contribution is 2.47. The van der Waals surface area contributed by atoms with E-state index >= 15 is 0 Å². The van der Waals surface area contributed by atoms with Crippen LogP contribution in [0.1, 0.15) is 46.0 Å². The molecule has 2 spiro atoms. The monoisotopic (exact) mass is 254 g/mol. The number of rotatable bonds is 0. The zero-order chi connectivity index (χ0) is 12.9. The fraction of sp³-hybridized carbons (Fsp3) is 0.857. The van der Waals surface area contributed by atoms with Gasteiger partial charge in [0, 0.05) is 12.8 Å². The van der Waals surface area contributed by atoms with E-state index in [1.54, 1.807) is 6.08 Å². The van der Waals surface area contributed by atoms with Crippen LogP contribution in [0.15, 0.2) is 12.2 Å². The van der Waals surface area contributed by atoms with Gasteiger partial charge in [-0.1, -0.05) is 0 Å². The van der Waals surface area contributed by atoms with Gasteiger partial charge >= 0.3 is 0 Å². The summed E-state index contributed by atoms with van der Waals surface area (Å²) in [5.41, 5.74) is -0.248. The average Bonchev–Trinajstić information content (AvgIpc) is 2.63. The molecular weight excluding hydrogens is 232 g/mol. The SMILES string of the molecule is CC1(C)CC[C@@]2(O1)O[C@]1(C=C[C@@H]2O)CCCCO1. The Kier molecular flexibility index (Phi) is 2.83. The molecule has 0 amide bonds. The molecule has 0 aliphatic carbocycles. The van der Waals surface area contributed by atoms with Crippen LogP contribution in [0.5, 0.6) is 0 Å². The van der Waals surface area contributed by atoms with Gasteiger partial charge < -0.3 is 19.3 Å². The third kappa shape index (κ3) is 2.01. The van der Waals surface area contributed by atoms with Gasteiger partial charge in [0.15, 0.2) is 5.79 Å². The lowest BCUT2D eigenvalue weighted by Crippen LogP contribution is -2.56. The molecule has 3 aliphatic rings. The predicted octanol–water partition coefficient (Wildman–Crippen LogP) is 2.12. The Bertz CT molecular complexity index is 357.